The van der Waals surface area contributed by atoms with Gasteiger partial charge in [0.1, 0.15) is 12.4 Å². The monoisotopic (exact) mass is 235 g/mol. The van der Waals surface area contributed by atoms with E-state index in [1.807, 2.05) is 0 Å². The smallest absolute Gasteiger partial charge is 0.122 e. The van der Waals surface area contributed by atoms with Crippen LogP contribution in [-0.4, -0.2) is 19.2 Å². The lowest BCUT2D eigenvalue weighted by atomic mass is 10.1. The van der Waals surface area contributed by atoms with Gasteiger partial charge in [-0.25, -0.2) is 0 Å². The van der Waals surface area contributed by atoms with Gasteiger partial charge in [0.2, 0.25) is 0 Å². The molecule has 0 radical (unpaired) electrons. The molecule has 0 aliphatic carbocycles. The predicted molar refractivity (Wildman–Crippen MR) is 73.8 cm³/mol. The Morgan fingerprint density at radius 1 is 1.24 bits per heavy atom. The van der Waals surface area contributed by atoms with Crippen LogP contribution in [0.5, 0.6) is 5.75 Å². The van der Waals surface area contributed by atoms with Gasteiger partial charge in [0.15, 0.2) is 0 Å². The van der Waals surface area contributed by atoms with E-state index in [1.165, 1.54) is 17.5 Å². The average Bonchev–Trinajstić information content (AvgIpc) is 2.33. The van der Waals surface area contributed by atoms with Crippen molar-refractivity contribution in [3.63, 3.8) is 0 Å². The van der Waals surface area contributed by atoms with Crippen LogP contribution in [0.25, 0.3) is 0 Å². The molecule has 0 aliphatic heterocycles. The first kappa shape index (κ1) is 14.0. The summed E-state index contributed by atoms with van der Waals surface area (Å²) in [7, 11) is 0. The number of nitrogens with one attached hydrogen (secondary N) is 1. The summed E-state index contributed by atoms with van der Waals surface area (Å²) in [4.78, 5) is 0. The molecule has 0 aromatic heterocycles. The van der Waals surface area contributed by atoms with Crippen LogP contribution in [0.15, 0.2) is 18.2 Å². The summed E-state index contributed by atoms with van der Waals surface area (Å²) >= 11 is 0. The van der Waals surface area contributed by atoms with Crippen molar-refractivity contribution in [1.82, 2.24) is 5.32 Å². The molecule has 0 spiro atoms. The molecule has 0 bridgehead atoms. The fourth-order valence-corrected chi connectivity index (χ4v) is 1.72. The molecule has 1 atom stereocenters. The zero-order valence-corrected chi connectivity index (χ0v) is 11.5. The molecule has 96 valence electrons. The van der Waals surface area contributed by atoms with Crippen molar-refractivity contribution in [3.8, 4) is 5.75 Å². The van der Waals surface area contributed by atoms with Crippen LogP contribution in [0.2, 0.25) is 0 Å². The Labute approximate surface area is 105 Å². The Kier molecular flexibility index (Phi) is 6.06. The maximum atomic E-state index is 5.91. The van der Waals surface area contributed by atoms with Gasteiger partial charge >= 0.3 is 0 Å². The second-order valence-corrected chi connectivity index (χ2v) is 4.64. The summed E-state index contributed by atoms with van der Waals surface area (Å²) in [6.45, 7) is 10.4. The van der Waals surface area contributed by atoms with Crippen molar-refractivity contribution in [2.24, 2.45) is 0 Å². The van der Waals surface area contributed by atoms with Crippen molar-refractivity contribution in [2.75, 3.05) is 13.2 Å². The number of hydrogen-bond acceptors (Lipinski definition) is 2. The Hall–Kier alpha value is -1.02. The molecular formula is C15H25NO. The van der Waals surface area contributed by atoms with E-state index in [4.69, 9.17) is 4.74 Å². The number of aryl methyl sites for hydroxylation is 2. The van der Waals surface area contributed by atoms with Crippen molar-refractivity contribution in [3.05, 3.63) is 29.3 Å². The van der Waals surface area contributed by atoms with Gasteiger partial charge in [-0.05, 0) is 50.4 Å². The van der Waals surface area contributed by atoms with Gasteiger partial charge in [-0.1, -0.05) is 26.0 Å². The zero-order chi connectivity index (χ0) is 12.7. The molecule has 0 saturated carbocycles. The highest BCUT2D eigenvalue weighted by atomic mass is 16.5. The Balaban J connectivity index is 2.50. The summed E-state index contributed by atoms with van der Waals surface area (Å²) in [6.07, 6.45) is 2.27. The van der Waals surface area contributed by atoms with E-state index in [0.29, 0.717) is 6.04 Å². The minimum Gasteiger partial charge on any atom is -0.492 e. The third kappa shape index (κ3) is 4.78. The van der Waals surface area contributed by atoms with Gasteiger partial charge in [-0.3, -0.25) is 0 Å². The number of rotatable bonds is 7. The second kappa shape index (κ2) is 7.33. The van der Waals surface area contributed by atoms with Crippen LogP contribution in [0, 0.1) is 13.8 Å². The normalized spacial score (nSPS) is 12.5. The van der Waals surface area contributed by atoms with Crippen LogP contribution in [0.4, 0.5) is 0 Å². The summed E-state index contributed by atoms with van der Waals surface area (Å²) in [5, 5.41) is 3.50. The highest BCUT2D eigenvalue weighted by Gasteiger charge is 2.07. The predicted octanol–water partition coefficient (Wildman–Crippen LogP) is 3.46. The summed E-state index contributed by atoms with van der Waals surface area (Å²) in [5.41, 5.74) is 2.46. The maximum Gasteiger partial charge on any atom is 0.122 e. The Morgan fingerprint density at radius 3 is 2.65 bits per heavy atom. The minimum absolute atomic E-state index is 0.454. The molecule has 17 heavy (non-hydrogen) atoms. The SMILES string of the molecule is CCCNC(CC)COc1cc(C)ccc1C. The standard InChI is InChI=1S/C15H25NO/c1-5-9-16-14(6-2)11-17-15-10-12(3)7-8-13(15)4/h7-8,10,14,16H,5-6,9,11H2,1-4H3. The largest absolute Gasteiger partial charge is 0.492 e. The fraction of sp³-hybridized carbons (Fsp3) is 0.600. The third-order valence-electron chi connectivity index (χ3n) is 2.96. The number of hydrogen-bond donors (Lipinski definition) is 1. The fourth-order valence-electron chi connectivity index (χ4n) is 1.72. The van der Waals surface area contributed by atoms with E-state index in [1.54, 1.807) is 0 Å². The molecule has 2 nitrogen and oxygen atoms in total. The van der Waals surface area contributed by atoms with E-state index >= 15 is 0 Å². The van der Waals surface area contributed by atoms with Crippen molar-refractivity contribution >= 4 is 0 Å². The first-order valence-electron chi connectivity index (χ1n) is 6.60. The highest BCUT2D eigenvalue weighted by molar-refractivity contribution is 5.35. The molecule has 0 aliphatic rings. The lowest BCUT2D eigenvalue weighted by Crippen LogP contribution is -2.34. The molecule has 1 unspecified atom stereocenters. The summed E-state index contributed by atoms with van der Waals surface area (Å²) in [6, 6.07) is 6.80. The average molecular weight is 235 g/mol. The van der Waals surface area contributed by atoms with E-state index in [9.17, 15) is 0 Å². The first-order valence-corrected chi connectivity index (χ1v) is 6.60. The van der Waals surface area contributed by atoms with Gasteiger partial charge in [0, 0.05) is 6.04 Å². The molecule has 2 heteroatoms. The van der Waals surface area contributed by atoms with E-state index < -0.39 is 0 Å². The molecular weight excluding hydrogens is 210 g/mol. The van der Waals surface area contributed by atoms with Crippen molar-refractivity contribution < 1.29 is 4.74 Å². The molecule has 1 aromatic carbocycles. The Bertz CT molecular complexity index is 336. The van der Waals surface area contributed by atoms with E-state index in [2.05, 4.69) is 51.2 Å². The second-order valence-electron chi connectivity index (χ2n) is 4.64. The van der Waals surface area contributed by atoms with Crippen LogP contribution in [-0.2, 0) is 0 Å². The third-order valence-corrected chi connectivity index (χ3v) is 2.96. The molecule has 0 amide bonds. The number of benzene rings is 1. The summed E-state index contributed by atoms with van der Waals surface area (Å²) < 4.78 is 5.91. The van der Waals surface area contributed by atoms with Gasteiger partial charge in [0.25, 0.3) is 0 Å². The zero-order valence-electron chi connectivity index (χ0n) is 11.5. The lowest BCUT2D eigenvalue weighted by Gasteiger charge is -2.18. The van der Waals surface area contributed by atoms with Crippen molar-refractivity contribution in [1.29, 1.82) is 0 Å². The van der Waals surface area contributed by atoms with E-state index in [0.717, 1.165) is 25.3 Å². The van der Waals surface area contributed by atoms with E-state index in [-0.39, 0.29) is 0 Å². The highest BCUT2D eigenvalue weighted by Crippen LogP contribution is 2.19. The molecule has 0 heterocycles. The molecule has 0 fully saturated rings. The van der Waals surface area contributed by atoms with Gasteiger partial charge < -0.3 is 10.1 Å². The van der Waals surface area contributed by atoms with Gasteiger partial charge in [-0.15, -0.1) is 0 Å². The quantitative estimate of drug-likeness (QED) is 0.781. The minimum atomic E-state index is 0.454. The lowest BCUT2D eigenvalue weighted by molar-refractivity contribution is 0.259. The van der Waals surface area contributed by atoms with Gasteiger partial charge in [0.05, 0.1) is 0 Å². The topological polar surface area (TPSA) is 21.3 Å². The molecule has 1 aromatic rings. The molecule has 0 saturated heterocycles. The molecule has 1 N–H and O–H groups in total. The van der Waals surface area contributed by atoms with Crippen LogP contribution in [0.1, 0.15) is 37.8 Å². The number of ether oxygens (including phenoxy) is 1. The van der Waals surface area contributed by atoms with Gasteiger partial charge in [-0.2, -0.15) is 0 Å². The van der Waals surface area contributed by atoms with Crippen LogP contribution in [0.3, 0.4) is 0 Å². The van der Waals surface area contributed by atoms with Crippen LogP contribution < -0.4 is 10.1 Å². The van der Waals surface area contributed by atoms with Crippen molar-refractivity contribution in [2.45, 2.75) is 46.6 Å². The maximum absolute atomic E-state index is 5.91. The molecule has 1 rings (SSSR count). The summed E-state index contributed by atoms with van der Waals surface area (Å²) in [5.74, 6) is 1.02. The van der Waals surface area contributed by atoms with Crippen LogP contribution >= 0.6 is 0 Å². The Morgan fingerprint density at radius 2 is 2.00 bits per heavy atom. The first-order chi connectivity index (χ1) is 8.17.